The second-order valence-electron chi connectivity index (χ2n) is 3.97. The van der Waals surface area contributed by atoms with Crippen molar-refractivity contribution in [1.29, 1.82) is 0 Å². The highest BCUT2D eigenvalue weighted by atomic mass is 32.2. The Kier molecular flexibility index (Phi) is 5.67. The summed E-state index contributed by atoms with van der Waals surface area (Å²) in [5, 5.41) is 3.75. The van der Waals surface area contributed by atoms with Crippen molar-refractivity contribution in [2.75, 3.05) is 26.0 Å². The van der Waals surface area contributed by atoms with Gasteiger partial charge >= 0.3 is 0 Å². The first kappa shape index (κ1) is 12.1. The summed E-state index contributed by atoms with van der Waals surface area (Å²) in [6.45, 7) is 4.74. The standard InChI is InChI=1S/C10H21NO2S/c1-9(14(2)12)5-6-11-10-4-3-7-13-8-10/h9-11H,3-8H2,1-2H3. The Bertz CT molecular complexity index is 181. The molecule has 0 aliphatic carbocycles. The van der Waals surface area contributed by atoms with E-state index in [2.05, 4.69) is 5.32 Å². The van der Waals surface area contributed by atoms with Crippen LogP contribution in [0.4, 0.5) is 0 Å². The summed E-state index contributed by atoms with van der Waals surface area (Å²) in [7, 11) is -0.688. The van der Waals surface area contributed by atoms with Crippen LogP contribution in [-0.4, -0.2) is 41.5 Å². The van der Waals surface area contributed by atoms with Crippen molar-refractivity contribution in [3.05, 3.63) is 0 Å². The topological polar surface area (TPSA) is 38.3 Å². The molecule has 1 fully saturated rings. The summed E-state index contributed by atoms with van der Waals surface area (Å²) in [4.78, 5) is 0. The van der Waals surface area contributed by atoms with Gasteiger partial charge in [0.05, 0.1) is 6.61 Å². The average Bonchev–Trinajstić information content (AvgIpc) is 2.19. The molecule has 0 saturated carbocycles. The predicted octanol–water partition coefficient (Wildman–Crippen LogP) is 0.912. The van der Waals surface area contributed by atoms with E-state index in [1.807, 2.05) is 6.92 Å². The Balaban J connectivity index is 2.05. The summed E-state index contributed by atoms with van der Waals surface area (Å²) in [5.41, 5.74) is 0. The highest BCUT2D eigenvalue weighted by molar-refractivity contribution is 7.84. The van der Waals surface area contributed by atoms with Gasteiger partial charge in [-0.2, -0.15) is 0 Å². The van der Waals surface area contributed by atoms with Gasteiger partial charge < -0.3 is 10.1 Å². The molecule has 0 aromatic rings. The van der Waals surface area contributed by atoms with E-state index < -0.39 is 10.8 Å². The first-order chi connectivity index (χ1) is 6.70. The lowest BCUT2D eigenvalue weighted by Gasteiger charge is -2.23. The molecule has 1 N–H and O–H groups in total. The zero-order chi connectivity index (χ0) is 10.4. The normalized spacial score (nSPS) is 27.1. The van der Waals surface area contributed by atoms with Crippen LogP contribution in [0.5, 0.6) is 0 Å². The molecule has 3 nitrogen and oxygen atoms in total. The van der Waals surface area contributed by atoms with Gasteiger partial charge in [0, 0.05) is 35.0 Å². The molecule has 0 radical (unpaired) electrons. The van der Waals surface area contributed by atoms with Crippen LogP contribution in [0.3, 0.4) is 0 Å². The van der Waals surface area contributed by atoms with Gasteiger partial charge in [-0.05, 0) is 25.8 Å². The number of hydrogen-bond acceptors (Lipinski definition) is 3. The summed E-state index contributed by atoms with van der Waals surface area (Å²) in [6.07, 6.45) is 5.13. The summed E-state index contributed by atoms with van der Waals surface area (Å²) >= 11 is 0. The van der Waals surface area contributed by atoms with Crippen LogP contribution >= 0.6 is 0 Å². The number of ether oxygens (including phenoxy) is 1. The van der Waals surface area contributed by atoms with Gasteiger partial charge in [0.15, 0.2) is 0 Å². The fourth-order valence-electron chi connectivity index (χ4n) is 1.56. The first-order valence-electron chi connectivity index (χ1n) is 5.33. The monoisotopic (exact) mass is 219 g/mol. The predicted molar refractivity (Wildman–Crippen MR) is 60.0 cm³/mol. The maximum absolute atomic E-state index is 11.1. The SMILES string of the molecule is CC(CCNC1CCCOC1)S(C)=O. The number of rotatable bonds is 5. The molecule has 0 spiro atoms. The molecule has 0 aromatic heterocycles. The van der Waals surface area contributed by atoms with Crippen molar-refractivity contribution < 1.29 is 8.95 Å². The van der Waals surface area contributed by atoms with Crippen molar-refractivity contribution in [2.45, 2.75) is 37.5 Å². The van der Waals surface area contributed by atoms with Crippen molar-refractivity contribution in [1.82, 2.24) is 5.32 Å². The van der Waals surface area contributed by atoms with Crippen LogP contribution < -0.4 is 5.32 Å². The Morgan fingerprint density at radius 3 is 3.00 bits per heavy atom. The average molecular weight is 219 g/mol. The second-order valence-corrected chi connectivity index (χ2v) is 5.77. The van der Waals surface area contributed by atoms with Crippen molar-refractivity contribution in [3.8, 4) is 0 Å². The van der Waals surface area contributed by atoms with Crippen LogP contribution in [0.2, 0.25) is 0 Å². The minimum Gasteiger partial charge on any atom is -0.380 e. The third-order valence-electron chi connectivity index (χ3n) is 2.71. The van der Waals surface area contributed by atoms with Crippen LogP contribution in [0.15, 0.2) is 0 Å². The van der Waals surface area contributed by atoms with Crippen molar-refractivity contribution in [3.63, 3.8) is 0 Å². The van der Waals surface area contributed by atoms with Crippen LogP contribution in [0.1, 0.15) is 26.2 Å². The fraction of sp³-hybridized carbons (Fsp3) is 1.00. The molecular weight excluding hydrogens is 198 g/mol. The van der Waals surface area contributed by atoms with Crippen molar-refractivity contribution >= 4 is 10.8 Å². The maximum atomic E-state index is 11.1. The Labute approximate surface area is 89.1 Å². The Morgan fingerprint density at radius 2 is 2.43 bits per heavy atom. The van der Waals surface area contributed by atoms with Gasteiger partial charge in [-0.1, -0.05) is 6.92 Å². The molecule has 1 rings (SSSR count). The van der Waals surface area contributed by atoms with E-state index in [9.17, 15) is 4.21 Å². The molecule has 1 heterocycles. The molecule has 14 heavy (non-hydrogen) atoms. The molecule has 1 aliphatic rings. The lowest BCUT2D eigenvalue weighted by molar-refractivity contribution is 0.0705. The smallest absolute Gasteiger partial charge is 0.0619 e. The number of nitrogens with one attached hydrogen (secondary N) is 1. The third kappa shape index (κ3) is 4.53. The van der Waals surface area contributed by atoms with Gasteiger partial charge in [-0.3, -0.25) is 4.21 Å². The van der Waals surface area contributed by atoms with Gasteiger partial charge in [0.2, 0.25) is 0 Å². The molecule has 3 atom stereocenters. The van der Waals surface area contributed by atoms with E-state index in [1.165, 1.54) is 6.42 Å². The van der Waals surface area contributed by atoms with E-state index >= 15 is 0 Å². The fourth-order valence-corrected chi connectivity index (χ4v) is 2.01. The van der Waals surface area contributed by atoms with E-state index in [0.29, 0.717) is 11.3 Å². The highest BCUT2D eigenvalue weighted by Crippen LogP contribution is 2.06. The Hall–Kier alpha value is 0.0700. The molecular formula is C10H21NO2S. The van der Waals surface area contributed by atoms with E-state index in [0.717, 1.165) is 32.6 Å². The molecule has 0 aromatic carbocycles. The molecule has 4 heteroatoms. The van der Waals surface area contributed by atoms with Gasteiger partial charge in [-0.15, -0.1) is 0 Å². The quantitative estimate of drug-likeness (QED) is 0.747. The largest absolute Gasteiger partial charge is 0.380 e. The minimum atomic E-state index is -0.688. The molecule has 0 amide bonds. The van der Waals surface area contributed by atoms with Crippen LogP contribution in [0.25, 0.3) is 0 Å². The van der Waals surface area contributed by atoms with E-state index in [1.54, 1.807) is 6.26 Å². The molecule has 0 bridgehead atoms. The molecule has 3 unspecified atom stereocenters. The summed E-state index contributed by atoms with van der Waals surface area (Å²) < 4.78 is 16.4. The highest BCUT2D eigenvalue weighted by Gasteiger charge is 2.13. The van der Waals surface area contributed by atoms with Crippen LogP contribution in [-0.2, 0) is 15.5 Å². The minimum absolute atomic E-state index is 0.298. The van der Waals surface area contributed by atoms with Crippen LogP contribution in [0, 0.1) is 0 Å². The van der Waals surface area contributed by atoms with E-state index in [-0.39, 0.29) is 0 Å². The third-order valence-corrected chi connectivity index (χ3v) is 4.08. The molecule has 1 saturated heterocycles. The van der Waals surface area contributed by atoms with Gasteiger partial charge in [0.25, 0.3) is 0 Å². The Morgan fingerprint density at radius 1 is 1.64 bits per heavy atom. The van der Waals surface area contributed by atoms with Crippen molar-refractivity contribution in [2.24, 2.45) is 0 Å². The molecule has 1 aliphatic heterocycles. The van der Waals surface area contributed by atoms with Gasteiger partial charge in [0.1, 0.15) is 0 Å². The van der Waals surface area contributed by atoms with Gasteiger partial charge in [-0.25, -0.2) is 0 Å². The summed E-state index contributed by atoms with van der Waals surface area (Å²) in [5.74, 6) is 0. The second kappa shape index (κ2) is 6.53. The lowest BCUT2D eigenvalue weighted by Crippen LogP contribution is -2.38. The first-order valence-corrected chi connectivity index (χ1v) is 6.95. The number of hydrogen-bond donors (Lipinski definition) is 1. The summed E-state index contributed by atoms with van der Waals surface area (Å²) in [6, 6.07) is 0.515. The zero-order valence-electron chi connectivity index (χ0n) is 9.12. The maximum Gasteiger partial charge on any atom is 0.0619 e. The lowest BCUT2D eigenvalue weighted by atomic mass is 10.1. The molecule has 84 valence electrons. The van der Waals surface area contributed by atoms with E-state index in [4.69, 9.17) is 4.74 Å². The zero-order valence-corrected chi connectivity index (χ0v) is 9.94.